The lowest BCUT2D eigenvalue weighted by Crippen LogP contribution is -2.10. The molecule has 0 radical (unpaired) electrons. The van der Waals surface area contributed by atoms with Gasteiger partial charge in [0.1, 0.15) is 0 Å². The van der Waals surface area contributed by atoms with Gasteiger partial charge in [-0.05, 0) is 25.1 Å². The van der Waals surface area contributed by atoms with Gasteiger partial charge in [0.15, 0.2) is 0 Å². The molecule has 0 amide bonds. The Morgan fingerprint density at radius 2 is 2.12 bits per heavy atom. The second kappa shape index (κ2) is 5.18. The molecule has 0 spiro atoms. The molecule has 0 fully saturated rings. The van der Waals surface area contributed by atoms with E-state index in [0.29, 0.717) is 16.4 Å². The Kier molecular flexibility index (Phi) is 4.14. The fourth-order valence-electron chi connectivity index (χ4n) is 1.01. The van der Waals surface area contributed by atoms with Crippen LogP contribution in [-0.2, 0) is 10.0 Å². The average molecular weight is 262 g/mol. The predicted octanol–water partition coefficient (Wildman–Crippen LogP) is 2.13. The monoisotopic (exact) mass is 261 g/mol. The number of rotatable bonds is 4. The summed E-state index contributed by atoms with van der Waals surface area (Å²) in [7, 11) is -3.34. The Morgan fingerprint density at radius 3 is 2.69 bits per heavy atom. The molecule has 1 aromatic carbocycles. The standard InChI is InChI=1S/C9H12ClN3O2S/c1-3-11-12-7-4-5-8(10)9(6-7)13-16(2,14)15/h3-6,12-13H,1-2H3/b11-3-. The van der Waals surface area contributed by atoms with Crippen LogP contribution in [0.3, 0.4) is 0 Å². The van der Waals surface area contributed by atoms with Crippen LogP contribution in [0.2, 0.25) is 5.02 Å². The Labute approximate surface area is 99.6 Å². The first-order valence-corrected chi connectivity index (χ1v) is 6.70. The van der Waals surface area contributed by atoms with Crippen LogP contribution in [0.15, 0.2) is 23.3 Å². The van der Waals surface area contributed by atoms with Gasteiger partial charge in [-0.25, -0.2) is 8.42 Å². The lowest BCUT2D eigenvalue weighted by Gasteiger charge is -2.08. The van der Waals surface area contributed by atoms with Crippen LogP contribution in [0.1, 0.15) is 6.92 Å². The molecule has 5 nitrogen and oxygen atoms in total. The molecule has 88 valence electrons. The number of hydrazone groups is 1. The smallest absolute Gasteiger partial charge is 0.229 e. The fraction of sp³-hybridized carbons (Fsp3) is 0.222. The maximum absolute atomic E-state index is 11.1. The lowest BCUT2D eigenvalue weighted by atomic mass is 10.3. The molecule has 1 rings (SSSR count). The molecule has 0 aromatic heterocycles. The van der Waals surface area contributed by atoms with E-state index in [4.69, 9.17) is 11.6 Å². The van der Waals surface area contributed by atoms with Crippen LogP contribution in [0.25, 0.3) is 0 Å². The Bertz CT molecular complexity index is 499. The number of nitrogens with one attached hydrogen (secondary N) is 2. The molecule has 0 saturated carbocycles. The van der Waals surface area contributed by atoms with Crippen LogP contribution < -0.4 is 10.1 Å². The number of sulfonamides is 1. The molecule has 0 saturated heterocycles. The van der Waals surface area contributed by atoms with Crippen molar-refractivity contribution in [2.75, 3.05) is 16.4 Å². The maximum atomic E-state index is 11.1. The topological polar surface area (TPSA) is 70.6 Å². The Hall–Kier alpha value is -1.27. The number of benzene rings is 1. The van der Waals surface area contributed by atoms with Gasteiger partial charge in [0.25, 0.3) is 0 Å². The third-order valence-corrected chi connectivity index (χ3v) is 2.50. The molecule has 2 N–H and O–H groups in total. The summed E-state index contributed by atoms with van der Waals surface area (Å²) in [6.07, 6.45) is 2.64. The van der Waals surface area contributed by atoms with Gasteiger partial charge in [0.2, 0.25) is 10.0 Å². The van der Waals surface area contributed by atoms with Crippen LogP contribution in [0.4, 0.5) is 11.4 Å². The van der Waals surface area contributed by atoms with Crippen molar-refractivity contribution in [3.05, 3.63) is 23.2 Å². The van der Waals surface area contributed by atoms with Crippen molar-refractivity contribution in [1.29, 1.82) is 0 Å². The van der Waals surface area contributed by atoms with Gasteiger partial charge in [0, 0.05) is 6.21 Å². The van der Waals surface area contributed by atoms with E-state index in [1.54, 1.807) is 31.3 Å². The van der Waals surface area contributed by atoms with Gasteiger partial charge < -0.3 is 0 Å². The molecule has 7 heteroatoms. The minimum atomic E-state index is -3.34. The highest BCUT2D eigenvalue weighted by atomic mass is 35.5. The van der Waals surface area contributed by atoms with E-state index in [0.717, 1.165) is 6.26 Å². The summed E-state index contributed by atoms with van der Waals surface area (Å²) < 4.78 is 24.4. The van der Waals surface area contributed by atoms with Crippen molar-refractivity contribution >= 4 is 39.2 Å². The van der Waals surface area contributed by atoms with Gasteiger partial charge in [0.05, 0.1) is 22.7 Å². The highest BCUT2D eigenvalue weighted by Crippen LogP contribution is 2.26. The van der Waals surface area contributed by atoms with E-state index in [9.17, 15) is 8.42 Å². The number of halogens is 1. The average Bonchev–Trinajstić information content (AvgIpc) is 2.17. The molecule has 1 aromatic rings. The summed E-state index contributed by atoms with van der Waals surface area (Å²) in [5.74, 6) is 0. The lowest BCUT2D eigenvalue weighted by molar-refractivity contribution is 0.607. The maximum Gasteiger partial charge on any atom is 0.229 e. The Morgan fingerprint density at radius 1 is 1.44 bits per heavy atom. The zero-order valence-corrected chi connectivity index (χ0v) is 10.4. The van der Waals surface area contributed by atoms with Crippen molar-refractivity contribution in [2.24, 2.45) is 5.10 Å². The van der Waals surface area contributed by atoms with Crippen LogP contribution >= 0.6 is 11.6 Å². The molecule has 0 bridgehead atoms. The van der Waals surface area contributed by atoms with E-state index in [-0.39, 0.29) is 0 Å². The zero-order valence-electron chi connectivity index (χ0n) is 8.86. The first-order valence-electron chi connectivity index (χ1n) is 4.43. The minimum Gasteiger partial charge on any atom is -0.282 e. The summed E-state index contributed by atoms with van der Waals surface area (Å²) in [6.45, 7) is 1.76. The van der Waals surface area contributed by atoms with Crippen molar-refractivity contribution in [3.8, 4) is 0 Å². The summed E-state index contributed by atoms with van der Waals surface area (Å²) in [4.78, 5) is 0. The number of anilines is 2. The molecule has 0 heterocycles. The number of hydrogen-bond acceptors (Lipinski definition) is 4. The number of hydrogen-bond donors (Lipinski definition) is 2. The molecular weight excluding hydrogens is 250 g/mol. The highest BCUT2D eigenvalue weighted by molar-refractivity contribution is 7.92. The van der Waals surface area contributed by atoms with Crippen molar-refractivity contribution in [1.82, 2.24) is 0 Å². The normalized spacial score (nSPS) is 11.7. The van der Waals surface area contributed by atoms with Crippen LogP contribution in [0.5, 0.6) is 0 Å². The van der Waals surface area contributed by atoms with Crippen molar-refractivity contribution in [2.45, 2.75) is 6.92 Å². The molecule has 0 aliphatic carbocycles. The quantitative estimate of drug-likeness (QED) is 0.644. The third-order valence-electron chi connectivity index (χ3n) is 1.58. The minimum absolute atomic E-state index is 0.320. The van der Waals surface area contributed by atoms with Gasteiger partial charge in [-0.2, -0.15) is 5.10 Å². The third kappa shape index (κ3) is 4.08. The predicted molar refractivity (Wildman–Crippen MR) is 67.7 cm³/mol. The Balaban J connectivity index is 2.99. The molecule has 0 unspecified atom stereocenters. The first kappa shape index (κ1) is 12.8. The SMILES string of the molecule is C/C=N\Nc1ccc(Cl)c(NS(C)(=O)=O)c1. The van der Waals surface area contributed by atoms with Gasteiger partial charge >= 0.3 is 0 Å². The van der Waals surface area contributed by atoms with Gasteiger partial charge in [-0.1, -0.05) is 11.6 Å². The summed E-state index contributed by atoms with van der Waals surface area (Å²) in [5.41, 5.74) is 3.69. The molecule has 0 aliphatic rings. The fourth-order valence-corrected chi connectivity index (χ4v) is 1.80. The summed E-state index contributed by atoms with van der Waals surface area (Å²) >= 11 is 5.84. The van der Waals surface area contributed by atoms with E-state index < -0.39 is 10.0 Å². The van der Waals surface area contributed by atoms with E-state index >= 15 is 0 Å². The largest absolute Gasteiger partial charge is 0.282 e. The van der Waals surface area contributed by atoms with Gasteiger partial charge in [-0.15, -0.1) is 0 Å². The summed E-state index contributed by atoms with van der Waals surface area (Å²) in [6, 6.07) is 4.85. The first-order chi connectivity index (χ1) is 7.42. The van der Waals surface area contributed by atoms with Crippen molar-refractivity contribution < 1.29 is 8.42 Å². The van der Waals surface area contributed by atoms with Crippen LogP contribution in [-0.4, -0.2) is 20.9 Å². The van der Waals surface area contributed by atoms with Crippen molar-refractivity contribution in [3.63, 3.8) is 0 Å². The highest BCUT2D eigenvalue weighted by Gasteiger charge is 2.06. The van der Waals surface area contributed by atoms with E-state index in [1.165, 1.54) is 0 Å². The summed E-state index contributed by atoms with van der Waals surface area (Å²) in [5, 5.41) is 4.14. The molecular formula is C9H12ClN3O2S. The molecule has 0 atom stereocenters. The van der Waals surface area contributed by atoms with E-state index in [1.807, 2.05) is 0 Å². The van der Waals surface area contributed by atoms with E-state index in [2.05, 4.69) is 15.2 Å². The van der Waals surface area contributed by atoms with Gasteiger partial charge in [-0.3, -0.25) is 10.1 Å². The zero-order chi connectivity index (χ0) is 12.2. The van der Waals surface area contributed by atoms with Crippen LogP contribution in [0, 0.1) is 0 Å². The number of nitrogens with zero attached hydrogens (tertiary/aromatic N) is 1. The second-order valence-electron chi connectivity index (χ2n) is 3.07. The molecule has 0 aliphatic heterocycles. The second-order valence-corrected chi connectivity index (χ2v) is 5.22. The molecule has 16 heavy (non-hydrogen) atoms.